The van der Waals surface area contributed by atoms with E-state index in [2.05, 4.69) is 6.58 Å². The Morgan fingerprint density at radius 3 is 2.57 bits per heavy atom. The van der Waals surface area contributed by atoms with Crippen molar-refractivity contribution in [1.29, 1.82) is 0 Å². The van der Waals surface area contributed by atoms with Crippen molar-refractivity contribution >= 4 is 27.8 Å². The zero-order valence-corrected chi connectivity index (χ0v) is 8.85. The molecule has 0 unspecified atom stereocenters. The van der Waals surface area contributed by atoms with Crippen LogP contribution in [0.15, 0.2) is 24.8 Å². The van der Waals surface area contributed by atoms with Crippen LogP contribution in [0.4, 0.5) is 0 Å². The monoisotopic (exact) mass is 232 g/mol. The van der Waals surface area contributed by atoms with Crippen molar-refractivity contribution in [2.24, 2.45) is 0 Å². The molecule has 0 aliphatic carbocycles. The number of rotatable bonds is 3. The highest BCUT2D eigenvalue weighted by atomic mass is 35.5. The first-order chi connectivity index (χ1) is 6.42. The van der Waals surface area contributed by atoms with Crippen molar-refractivity contribution < 1.29 is 13.0 Å². The molecule has 0 aliphatic heterocycles. The molecule has 0 saturated carbocycles. The standard InChI is InChI=1S/C9H9ClO3S/c1-2-7-3-4-8(9(10)5-7)6-14(11,12)13/h2-5H,1,6H2,(H,11,12,13). The maximum atomic E-state index is 10.6. The van der Waals surface area contributed by atoms with Crippen molar-refractivity contribution in [3.05, 3.63) is 40.9 Å². The van der Waals surface area contributed by atoms with E-state index in [0.29, 0.717) is 10.6 Å². The lowest BCUT2D eigenvalue weighted by Gasteiger charge is -2.02. The third-order valence-corrected chi connectivity index (χ3v) is 2.68. The summed E-state index contributed by atoms with van der Waals surface area (Å²) in [5.74, 6) is -0.469. The minimum Gasteiger partial charge on any atom is -0.285 e. The smallest absolute Gasteiger partial charge is 0.269 e. The summed E-state index contributed by atoms with van der Waals surface area (Å²) >= 11 is 5.79. The molecular formula is C9H9ClO3S. The van der Waals surface area contributed by atoms with Crippen molar-refractivity contribution in [1.82, 2.24) is 0 Å². The Bertz CT molecular complexity index is 451. The van der Waals surface area contributed by atoms with E-state index in [-0.39, 0.29) is 0 Å². The molecule has 0 amide bonds. The summed E-state index contributed by atoms with van der Waals surface area (Å²) in [7, 11) is -4.03. The van der Waals surface area contributed by atoms with Crippen LogP contribution in [0.1, 0.15) is 11.1 Å². The fraction of sp³-hybridized carbons (Fsp3) is 0.111. The average molecular weight is 233 g/mol. The summed E-state index contributed by atoms with van der Waals surface area (Å²) in [6, 6.07) is 4.82. The first-order valence-electron chi connectivity index (χ1n) is 3.78. The van der Waals surface area contributed by atoms with Crippen LogP contribution >= 0.6 is 11.6 Å². The second kappa shape index (κ2) is 4.13. The fourth-order valence-corrected chi connectivity index (χ4v) is 1.98. The summed E-state index contributed by atoms with van der Waals surface area (Å²) < 4.78 is 29.8. The van der Waals surface area contributed by atoms with Gasteiger partial charge in [0.05, 0.1) is 0 Å². The van der Waals surface area contributed by atoms with Gasteiger partial charge in [-0.2, -0.15) is 8.42 Å². The van der Waals surface area contributed by atoms with Crippen LogP contribution in [0.5, 0.6) is 0 Å². The molecule has 1 aromatic carbocycles. The van der Waals surface area contributed by atoms with Crippen LogP contribution in [-0.4, -0.2) is 13.0 Å². The van der Waals surface area contributed by atoms with Gasteiger partial charge in [0.15, 0.2) is 0 Å². The normalized spacial score (nSPS) is 11.3. The molecule has 0 atom stereocenters. The van der Waals surface area contributed by atoms with Crippen LogP contribution in [0.2, 0.25) is 5.02 Å². The lowest BCUT2D eigenvalue weighted by molar-refractivity contribution is 0.482. The first-order valence-corrected chi connectivity index (χ1v) is 5.77. The first kappa shape index (κ1) is 11.2. The third kappa shape index (κ3) is 3.14. The fourth-order valence-electron chi connectivity index (χ4n) is 1.00. The molecule has 0 bridgehead atoms. The SMILES string of the molecule is C=Cc1ccc(CS(=O)(=O)O)c(Cl)c1. The predicted molar refractivity (Wildman–Crippen MR) is 56.8 cm³/mol. The minimum atomic E-state index is -4.03. The Balaban J connectivity index is 3.07. The largest absolute Gasteiger partial charge is 0.285 e. The molecule has 76 valence electrons. The van der Waals surface area contributed by atoms with Gasteiger partial charge in [0, 0.05) is 5.02 Å². The van der Waals surface area contributed by atoms with E-state index in [4.69, 9.17) is 16.2 Å². The topological polar surface area (TPSA) is 54.4 Å². The number of hydrogen-bond acceptors (Lipinski definition) is 2. The van der Waals surface area contributed by atoms with Gasteiger partial charge in [0.2, 0.25) is 0 Å². The summed E-state index contributed by atoms with van der Waals surface area (Å²) in [4.78, 5) is 0. The van der Waals surface area contributed by atoms with Gasteiger partial charge in [-0.15, -0.1) is 0 Å². The highest BCUT2D eigenvalue weighted by Crippen LogP contribution is 2.20. The van der Waals surface area contributed by atoms with Gasteiger partial charge >= 0.3 is 0 Å². The summed E-state index contributed by atoms with van der Waals surface area (Å²) in [5, 5.41) is 0.306. The van der Waals surface area contributed by atoms with Gasteiger partial charge in [-0.1, -0.05) is 36.4 Å². The minimum absolute atomic E-state index is 0.306. The van der Waals surface area contributed by atoms with Gasteiger partial charge in [-0.25, -0.2) is 0 Å². The van der Waals surface area contributed by atoms with Gasteiger partial charge in [-0.05, 0) is 17.2 Å². The van der Waals surface area contributed by atoms with Crippen molar-refractivity contribution in [2.45, 2.75) is 5.75 Å². The molecule has 5 heteroatoms. The lowest BCUT2D eigenvalue weighted by Crippen LogP contribution is -2.02. The molecule has 0 fully saturated rings. The van der Waals surface area contributed by atoms with E-state index in [1.54, 1.807) is 24.3 Å². The Hall–Kier alpha value is -0.840. The third-order valence-electron chi connectivity index (χ3n) is 1.65. The second-order valence-corrected chi connectivity index (χ2v) is 4.64. The van der Waals surface area contributed by atoms with Gasteiger partial charge in [0.25, 0.3) is 10.1 Å². The average Bonchev–Trinajstić information content (AvgIpc) is 2.06. The summed E-state index contributed by atoms with van der Waals surface area (Å²) in [6.45, 7) is 3.55. The molecule has 0 spiro atoms. The van der Waals surface area contributed by atoms with E-state index < -0.39 is 15.9 Å². The van der Waals surface area contributed by atoms with E-state index in [1.165, 1.54) is 0 Å². The maximum Gasteiger partial charge on any atom is 0.269 e. The molecule has 14 heavy (non-hydrogen) atoms. The van der Waals surface area contributed by atoms with Gasteiger partial charge in [-0.3, -0.25) is 4.55 Å². The summed E-state index contributed by atoms with van der Waals surface area (Å²) in [5.41, 5.74) is 1.17. The molecule has 1 N–H and O–H groups in total. The van der Waals surface area contributed by atoms with Gasteiger partial charge < -0.3 is 0 Å². The molecular weight excluding hydrogens is 224 g/mol. The van der Waals surface area contributed by atoms with Crippen molar-refractivity contribution in [3.63, 3.8) is 0 Å². The van der Waals surface area contributed by atoms with Crippen molar-refractivity contribution in [3.8, 4) is 0 Å². The van der Waals surface area contributed by atoms with Crippen LogP contribution in [-0.2, 0) is 15.9 Å². The predicted octanol–water partition coefficient (Wildman–Crippen LogP) is 2.37. The van der Waals surface area contributed by atoms with Crippen LogP contribution in [0.3, 0.4) is 0 Å². The van der Waals surface area contributed by atoms with Crippen molar-refractivity contribution in [2.75, 3.05) is 0 Å². The molecule has 0 heterocycles. The van der Waals surface area contributed by atoms with E-state index >= 15 is 0 Å². The summed E-state index contributed by atoms with van der Waals surface area (Å²) in [6.07, 6.45) is 1.60. The zero-order valence-electron chi connectivity index (χ0n) is 7.27. The molecule has 0 radical (unpaired) electrons. The zero-order chi connectivity index (χ0) is 10.8. The highest BCUT2D eigenvalue weighted by Gasteiger charge is 2.09. The van der Waals surface area contributed by atoms with E-state index in [1.807, 2.05) is 0 Å². The van der Waals surface area contributed by atoms with E-state index in [9.17, 15) is 8.42 Å². The molecule has 0 saturated heterocycles. The Morgan fingerprint density at radius 2 is 2.14 bits per heavy atom. The quantitative estimate of drug-likeness (QED) is 0.814. The highest BCUT2D eigenvalue weighted by molar-refractivity contribution is 7.85. The number of hydrogen-bond donors (Lipinski definition) is 1. The van der Waals surface area contributed by atoms with Gasteiger partial charge in [0.1, 0.15) is 5.75 Å². The molecule has 0 aliphatic rings. The van der Waals surface area contributed by atoms with E-state index in [0.717, 1.165) is 5.56 Å². The molecule has 3 nitrogen and oxygen atoms in total. The maximum absolute atomic E-state index is 10.6. The molecule has 1 rings (SSSR count). The number of benzene rings is 1. The Kier molecular flexibility index (Phi) is 3.31. The van der Waals surface area contributed by atoms with Crippen LogP contribution in [0.25, 0.3) is 6.08 Å². The Labute approximate surface area is 87.8 Å². The molecule has 0 aromatic heterocycles. The lowest BCUT2D eigenvalue weighted by atomic mass is 10.1. The Morgan fingerprint density at radius 1 is 1.50 bits per heavy atom. The van der Waals surface area contributed by atoms with Crippen LogP contribution in [0, 0.1) is 0 Å². The second-order valence-electron chi connectivity index (χ2n) is 2.78. The van der Waals surface area contributed by atoms with Crippen LogP contribution < -0.4 is 0 Å². The molecule has 1 aromatic rings. The number of halogens is 1.